The molecule has 1 N–H and O–H groups in total. The van der Waals surface area contributed by atoms with Gasteiger partial charge in [0.15, 0.2) is 5.13 Å². The minimum Gasteiger partial charge on any atom is -0.434 e. The third kappa shape index (κ3) is 6.24. The Hall–Kier alpha value is -3.56. The van der Waals surface area contributed by atoms with E-state index in [2.05, 4.69) is 9.72 Å². The molecule has 0 atom stereocenters. The number of aryl methyl sites for hydroxylation is 1. The van der Waals surface area contributed by atoms with Crippen LogP contribution in [0.2, 0.25) is 0 Å². The number of sulfonamides is 1. The minimum atomic E-state index is -3.79. The molecule has 3 aromatic rings. The molecule has 0 saturated heterocycles. The maximum absolute atomic E-state index is 12.9. The van der Waals surface area contributed by atoms with Gasteiger partial charge < -0.3 is 9.64 Å². The average Bonchev–Trinajstić information content (AvgIpc) is 3.13. The molecule has 0 aliphatic heterocycles. The van der Waals surface area contributed by atoms with Crippen molar-refractivity contribution in [2.24, 2.45) is 0 Å². The second kappa shape index (κ2) is 9.93. The van der Waals surface area contributed by atoms with Gasteiger partial charge in [-0.05, 0) is 37.3 Å². The summed E-state index contributed by atoms with van der Waals surface area (Å²) in [5, 5.41) is 9.40. The third-order valence-electron chi connectivity index (χ3n) is 4.33. The Balaban J connectivity index is 2.05. The van der Waals surface area contributed by atoms with E-state index < -0.39 is 22.5 Å². The van der Waals surface area contributed by atoms with Crippen molar-refractivity contribution in [1.29, 1.82) is 5.26 Å². The molecule has 0 spiro atoms. The zero-order chi connectivity index (χ0) is 24.2. The average molecular weight is 493 g/mol. The molecule has 2 aromatic carbocycles. The number of hydrogen-bond acceptors (Lipinski definition) is 8. The van der Waals surface area contributed by atoms with Crippen LogP contribution in [0.15, 0.2) is 48.5 Å². The summed E-state index contributed by atoms with van der Waals surface area (Å²) in [5.74, 6) is -0.895. The van der Waals surface area contributed by atoms with Crippen molar-refractivity contribution >= 4 is 38.1 Å². The molecule has 3 rings (SSSR count). The van der Waals surface area contributed by atoms with Crippen LogP contribution in [0.5, 0.6) is 5.75 Å². The Bertz CT molecular complexity index is 1300. The van der Waals surface area contributed by atoms with Crippen molar-refractivity contribution in [3.63, 3.8) is 0 Å². The first-order valence-electron chi connectivity index (χ1n) is 9.37. The maximum atomic E-state index is 12.9. The lowest BCUT2D eigenvalue weighted by atomic mass is 10.1. The number of alkyl halides is 2. The van der Waals surface area contributed by atoms with Crippen molar-refractivity contribution in [3.8, 4) is 11.8 Å². The van der Waals surface area contributed by atoms with Crippen molar-refractivity contribution < 1.29 is 26.7 Å². The van der Waals surface area contributed by atoms with Crippen LogP contribution >= 0.6 is 11.3 Å². The summed E-state index contributed by atoms with van der Waals surface area (Å²) >= 11 is 1.13. The smallest absolute Gasteiger partial charge is 0.387 e. The van der Waals surface area contributed by atoms with Crippen LogP contribution in [0.3, 0.4) is 0 Å². The van der Waals surface area contributed by atoms with Crippen molar-refractivity contribution in [3.05, 3.63) is 70.2 Å². The zero-order valence-electron chi connectivity index (χ0n) is 17.5. The Morgan fingerprint density at radius 3 is 2.52 bits per heavy atom. The van der Waals surface area contributed by atoms with Crippen LogP contribution in [0.25, 0.3) is 0 Å². The number of thiazole rings is 1. The van der Waals surface area contributed by atoms with Gasteiger partial charge in [-0.3, -0.25) is 4.79 Å². The van der Waals surface area contributed by atoms with E-state index >= 15 is 0 Å². The van der Waals surface area contributed by atoms with Gasteiger partial charge in [0.05, 0.1) is 24.4 Å². The van der Waals surface area contributed by atoms with Gasteiger partial charge in [-0.15, -0.1) is 11.3 Å². The van der Waals surface area contributed by atoms with E-state index in [9.17, 15) is 22.0 Å². The molecule has 33 heavy (non-hydrogen) atoms. The van der Waals surface area contributed by atoms with Crippen LogP contribution in [-0.4, -0.2) is 32.2 Å². The number of benzene rings is 2. The molecule has 0 unspecified atom stereocenters. The van der Waals surface area contributed by atoms with E-state index in [1.807, 2.05) is 10.8 Å². The number of carbonyl (C=O) groups excluding carboxylic acids is 1. The molecule has 172 valence electrons. The molecule has 0 radical (unpaired) electrons. The number of aromatic nitrogens is 1. The molecule has 0 aliphatic rings. The van der Waals surface area contributed by atoms with E-state index in [1.54, 1.807) is 54.3 Å². The van der Waals surface area contributed by atoms with Crippen LogP contribution < -0.4 is 14.4 Å². The second-order valence-corrected chi connectivity index (χ2v) is 9.77. The predicted molar refractivity (Wildman–Crippen MR) is 119 cm³/mol. The fourth-order valence-electron chi connectivity index (χ4n) is 2.93. The Labute approximate surface area is 193 Å². The van der Waals surface area contributed by atoms with Gasteiger partial charge >= 0.3 is 6.61 Å². The number of anilines is 2. The zero-order valence-corrected chi connectivity index (χ0v) is 19.1. The highest BCUT2D eigenvalue weighted by Crippen LogP contribution is 2.35. The molecule has 0 bridgehead atoms. The lowest BCUT2D eigenvalue weighted by Crippen LogP contribution is -2.30. The second-order valence-electron chi connectivity index (χ2n) is 6.84. The first-order valence-corrected chi connectivity index (χ1v) is 12.1. The molecule has 1 amide bonds. The molecular formula is C21H18F2N4O4S2. The first-order chi connectivity index (χ1) is 15.6. The number of carbonyl (C=O) groups is 1. The largest absolute Gasteiger partial charge is 0.434 e. The number of rotatable bonds is 8. The standard InChI is InChI=1S/C21H18F2N4O4S2/c1-13-18(19(28)26-33(2,29)30)25-21(32-13)27(16-9-7-14(11-24)8-10-16)12-15-5-3-4-6-17(15)31-20(22)23/h3-10,20H,12H2,1-2H3,(H,26,28). The molecule has 1 heterocycles. The Morgan fingerprint density at radius 1 is 1.24 bits per heavy atom. The van der Waals surface area contributed by atoms with E-state index in [1.165, 1.54) is 6.07 Å². The van der Waals surface area contributed by atoms with Gasteiger partial charge in [0.2, 0.25) is 10.0 Å². The van der Waals surface area contributed by atoms with Crippen LogP contribution in [-0.2, 0) is 16.6 Å². The number of amides is 1. The van der Waals surface area contributed by atoms with Gasteiger partial charge in [-0.1, -0.05) is 18.2 Å². The number of hydrogen-bond donors (Lipinski definition) is 1. The molecule has 0 fully saturated rings. The van der Waals surface area contributed by atoms with E-state index in [0.29, 0.717) is 26.8 Å². The van der Waals surface area contributed by atoms with Gasteiger partial charge in [-0.25, -0.2) is 18.1 Å². The fraction of sp³-hybridized carbons (Fsp3) is 0.190. The molecule has 8 nitrogen and oxygen atoms in total. The highest BCUT2D eigenvalue weighted by Gasteiger charge is 2.23. The number of nitrogens with one attached hydrogen (secondary N) is 1. The molecule has 0 aliphatic carbocycles. The topological polar surface area (TPSA) is 112 Å². The Morgan fingerprint density at radius 2 is 1.91 bits per heavy atom. The van der Waals surface area contributed by atoms with Crippen molar-refractivity contribution in [2.75, 3.05) is 11.2 Å². The summed E-state index contributed by atoms with van der Waals surface area (Å²) in [6.45, 7) is -1.35. The maximum Gasteiger partial charge on any atom is 0.387 e. The van der Waals surface area contributed by atoms with E-state index in [4.69, 9.17) is 5.26 Å². The van der Waals surface area contributed by atoms with Crippen LogP contribution in [0.4, 0.5) is 19.6 Å². The van der Waals surface area contributed by atoms with Crippen LogP contribution in [0.1, 0.15) is 26.5 Å². The lowest BCUT2D eigenvalue weighted by molar-refractivity contribution is -0.0504. The normalized spacial score (nSPS) is 11.2. The summed E-state index contributed by atoms with van der Waals surface area (Å²) in [7, 11) is -3.79. The summed E-state index contributed by atoms with van der Waals surface area (Å²) in [6.07, 6.45) is 0.858. The SMILES string of the molecule is Cc1sc(N(Cc2ccccc2OC(F)F)c2ccc(C#N)cc2)nc1C(=O)NS(C)(=O)=O. The highest BCUT2D eigenvalue weighted by molar-refractivity contribution is 7.89. The van der Waals surface area contributed by atoms with Crippen LogP contribution in [0, 0.1) is 18.3 Å². The number of nitrogens with zero attached hydrogens (tertiary/aromatic N) is 3. The van der Waals surface area contributed by atoms with Gasteiger partial charge in [0.25, 0.3) is 5.91 Å². The molecule has 12 heteroatoms. The van der Waals surface area contributed by atoms with Gasteiger partial charge in [-0.2, -0.15) is 14.0 Å². The minimum absolute atomic E-state index is 0.0190. The predicted octanol–water partition coefficient (Wildman–Crippen LogP) is 3.95. The summed E-state index contributed by atoms with van der Waals surface area (Å²) in [4.78, 5) is 18.8. The van der Waals surface area contributed by atoms with Gasteiger partial charge in [0.1, 0.15) is 11.4 Å². The van der Waals surface area contributed by atoms with Gasteiger partial charge in [0, 0.05) is 16.1 Å². The number of para-hydroxylation sites is 1. The summed E-state index contributed by atoms with van der Waals surface area (Å²) in [6, 6.07) is 14.8. The van der Waals surface area contributed by atoms with Crippen molar-refractivity contribution in [2.45, 2.75) is 20.1 Å². The fourth-order valence-corrected chi connectivity index (χ4v) is 4.29. The number of ether oxygens (including phenoxy) is 1. The summed E-state index contributed by atoms with van der Waals surface area (Å²) in [5.41, 5.74) is 1.35. The first kappa shape index (κ1) is 24.1. The van der Waals surface area contributed by atoms with E-state index in [-0.39, 0.29) is 18.0 Å². The Kier molecular flexibility index (Phi) is 7.25. The van der Waals surface area contributed by atoms with E-state index in [0.717, 1.165) is 17.6 Å². The quantitative estimate of drug-likeness (QED) is 0.507. The number of halogens is 2. The number of nitriles is 1. The molecule has 1 aromatic heterocycles. The lowest BCUT2D eigenvalue weighted by Gasteiger charge is -2.23. The molecular weight excluding hydrogens is 474 g/mol. The summed E-state index contributed by atoms with van der Waals surface area (Å²) < 4.78 is 55.2. The monoisotopic (exact) mass is 492 g/mol. The third-order valence-corrected chi connectivity index (χ3v) is 5.88. The van der Waals surface area contributed by atoms with Crippen molar-refractivity contribution in [1.82, 2.24) is 9.71 Å². The highest BCUT2D eigenvalue weighted by atomic mass is 32.2. The molecule has 0 saturated carbocycles.